The van der Waals surface area contributed by atoms with Crippen LogP contribution in [-0.2, 0) is 9.59 Å². The zero-order valence-electron chi connectivity index (χ0n) is 14.4. The molecule has 0 saturated heterocycles. The minimum absolute atomic E-state index is 0.0246. The van der Waals surface area contributed by atoms with Crippen LogP contribution in [0.4, 0.5) is 5.69 Å². The van der Waals surface area contributed by atoms with Crippen molar-refractivity contribution in [3.8, 4) is 5.75 Å². The van der Waals surface area contributed by atoms with Gasteiger partial charge in [0.25, 0.3) is 0 Å². The molecule has 0 heterocycles. The monoisotopic (exact) mass is 373 g/mol. The Hall–Kier alpha value is -2.86. The Morgan fingerprint density at radius 3 is 2.65 bits per heavy atom. The first-order valence-corrected chi connectivity index (χ1v) is 8.55. The molecule has 26 heavy (non-hydrogen) atoms. The molecule has 2 amide bonds. The summed E-state index contributed by atoms with van der Waals surface area (Å²) >= 11 is 5.85. The quantitative estimate of drug-likeness (QED) is 0.548. The van der Waals surface area contributed by atoms with Crippen molar-refractivity contribution in [1.29, 1.82) is 0 Å². The number of ether oxygens (including phenoxy) is 1. The number of hydrogen-bond donors (Lipinski definition) is 2. The van der Waals surface area contributed by atoms with Gasteiger partial charge in [0.15, 0.2) is 0 Å². The van der Waals surface area contributed by atoms with Crippen molar-refractivity contribution in [2.45, 2.75) is 19.8 Å². The molecule has 6 nitrogen and oxygen atoms in total. The van der Waals surface area contributed by atoms with E-state index < -0.39 is 0 Å². The smallest absolute Gasteiger partial charge is 0.240 e. The van der Waals surface area contributed by atoms with E-state index in [1.54, 1.807) is 24.3 Å². The summed E-state index contributed by atoms with van der Waals surface area (Å²) in [6, 6.07) is 14.2. The summed E-state index contributed by atoms with van der Waals surface area (Å²) in [5.41, 5.74) is 3.75. The van der Waals surface area contributed by atoms with Crippen LogP contribution in [0.25, 0.3) is 0 Å². The first kappa shape index (κ1) is 19.5. The van der Waals surface area contributed by atoms with Gasteiger partial charge in [-0.15, -0.1) is 0 Å². The maximum absolute atomic E-state index is 11.9. The zero-order chi connectivity index (χ0) is 18.8. The van der Waals surface area contributed by atoms with Gasteiger partial charge in [0.2, 0.25) is 11.8 Å². The number of anilines is 1. The highest BCUT2D eigenvalue weighted by molar-refractivity contribution is 6.30. The number of para-hydroxylation sites is 1. The largest absolute Gasteiger partial charge is 0.493 e. The van der Waals surface area contributed by atoms with Crippen molar-refractivity contribution >= 4 is 35.3 Å². The Morgan fingerprint density at radius 1 is 1.12 bits per heavy atom. The third kappa shape index (κ3) is 6.57. The van der Waals surface area contributed by atoms with E-state index in [0.717, 1.165) is 5.56 Å². The van der Waals surface area contributed by atoms with E-state index in [-0.39, 0.29) is 24.7 Å². The van der Waals surface area contributed by atoms with E-state index in [9.17, 15) is 9.59 Å². The molecular formula is C19H20ClN3O3. The van der Waals surface area contributed by atoms with Gasteiger partial charge in [0.1, 0.15) is 5.75 Å². The summed E-state index contributed by atoms with van der Waals surface area (Å²) in [4.78, 5) is 23.6. The fourth-order valence-corrected chi connectivity index (χ4v) is 2.31. The second-order valence-corrected chi connectivity index (χ2v) is 5.76. The highest BCUT2D eigenvalue weighted by Crippen LogP contribution is 2.16. The number of nitrogens with zero attached hydrogens (tertiary/aromatic N) is 1. The Bertz CT molecular complexity index is 793. The summed E-state index contributed by atoms with van der Waals surface area (Å²) < 4.78 is 5.47. The van der Waals surface area contributed by atoms with E-state index in [4.69, 9.17) is 16.3 Å². The number of carbonyl (C=O) groups is 2. The van der Waals surface area contributed by atoms with E-state index in [1.807, 2.05) is 31.2 Å². The minimum Gasteiger partial charge on any atom is -0.493 e. The Balaban J connectivity index is 1.77. The predicted octanol–water partition coefficient (Wildman–Crippen LogP) is 3.61. The number of benzene rings is 2. The molecule has 2 aromatic rings. The Labute approximate surface area is 157 Å². The summed E-state index contributed by atoms with van der Waals surface area (Å²) in [7, 11) is 0. The summed E-state index contributed by atoms with van der Waals surface area (Å²) in [6.07, 6.45) is 1.58. The molecular weight excluding hydrogens is 354 g/mol. The van der Waals surface area contributed by atoms with Crippen LogP contribution in [-0.4, -0.2) is 24.6 Å². The second kappa shape index (κ2) is 10.2. The van der Waals surface area contributed by atoms with E-state index in [0.29, 0.717) is 23.1 Å². The van der Waals surface area contributed by atoms with Crippen molar-refractivity contribution in [1.82, 2.24) is 5.43 Å². The van der Waals surface area contributed by atoms with Gasteiger partial charge in [-0.25, -0.2) is 5.43 Å². The van der Waals surface area contributed by atoms with E-state index >= 15 is 0 Å². The number of amides is 2. The first-order chi connectivity index (χ1) is 12.6. The fourth-order valence-electron chi connectivity index (χ4n) is 2.12. The SMILES string of the molecule is CCOc1ccccc1C=NNC(=O)CCC(=O)Nc1cccc(Cl)c1. The molecule has 0 aliphatic carbocycles. The minimum atomic E-state index is -0.351. The molecule has 0 aliphatic heterocycles. The van der Waals surface area contributed by atoms with Crippen molar-refractivity contribution in [3.05, 3.63) is 59.1 Å². The molecule has 0 spiro atoms. The van der Waals surface area contributed by atoms with Gasteiger partial charge in [-0.3, -0.25) is 9.59 Å². The molecule has 2 N–H and O–H groups in total. The van der Waals surface area contributed by atoms with Crippen molar-refractivity contribution in [2.24, 2.45) is 5.10 Å². The highest BCUT2D eigenvalue weighted by atomic mass is 35.5. The van der Waals surface area contributed by atoms with Gasteiger partial charge in [-0.1, -0.05) is 29.8 Å². The maximum Gasteiger partial charge on any atom is 0.240 e. The molecule has 2 rings (SSSR count). The van der Waals surface area contributed by atoms with Crippen LogP contribution in [0.1, 0.15) is 25.3 Å². The maximum atomic E-state index is 11.9. The molecule has 0 aromatic heterocycles. The lowest BCUT2D eigenvalue weighted by Crippen LogP contribution is -2.20. The predicted molar refractivity (Wildman–Crippen MR) is 103 cm³/mol. The second-order valence-electron chi connectivity index (χ2n) is 5.32. The van der Waals surface area contributed by atoms with E-state index in [1.165, 1.54) is 6.21 Å². The van der Waals surface area contributed by atoms with Crippen LogP contribution < -0.4 is 15.5 Å². The van der Waals surface area contributed by atoms with Crippen LogP contribution in [0, 0.1) is 0 Å². The molecule has 0 atom stereocenters. The summed E-state index contributed by atoms with van der Waals surface area (Å²) in [6.45, 7) is 2.43. The molecule has 0 aliphatic rings. The molecule has 136 valence electrons. The van der Waals surface area contributed by atoms with Crippen LogP contribution in [0.15, 0.2) is 53.6 Å². The van der Waals surface area contributed by atoms with Crippen molar-refractivity contribution < 1.29 is 14.3 Å². The molecule has 2 aromatic carbocycles. The Kier molecular flexibility index (Phi) is 7.64. The third-order valence-corrected chi connectivity index (χ3v) is 3.53. The van der Waals surface area contributed by atoms with Crippen LogP contribution in [0.5, 0.6) is 5.75 Å². The summed E-state index contributed by atoms with van der Waals surface area (Å²) in [5.74, 6) is 0.0679. The normalized spacial score (nSPS) is 10.5. The van der Waals surface area contributed by atoms with Gasteiger partial charge >= 0.3 is 0 Å². The lowest BCUT2D eigenvalue weighted by Gasteiger charge is -2.06. The molecule has 0 saturated carbocycles. The fraction of sp³-hybridized carbons (Fsp3) is 0.211. The van der Waals surface area contributed by atoms with Crippen molar-refractivity contribution in [3.63, 3.8) is 0 Å². The van der Waals surface area contributed by atoms with Crippen molar-refractivity contribution in [2.75, 3.05) is 11.9 Å². The average molecular weight is 374 g/mol. The summed E-state index contributed by atoms with van der Waals surface area (Å²) in [5, 5.41) is 7.12. The number of halogens is 1. The number of hydrogen-bond acceptors (Lipinski definition) is 4. The number of hydrazone groups is 1. The average Bonchev–Trinajstić information content (AvgIpc) is 2.62. The molecule has 0 radical (unpaired) electrons. The topological polar surface area (TPSA) is 79.8 Å². The molecule has 0 fully saturated rings. The van der Waals surface area contributed by atoms with Gasteiger partial charge < -0.3 is 10.1 Å². The lowest BCUT2D eigenvalue weighted by molar-refractivity contribution is -0.124. The number of carbonyl (C=O) groups excluding carboxylic acids is 2. The zero-order valence-corrected chi connectivity index (χ0v) is 15.1. The van der Waals surface area contributed by atoms with Gasteiger partial charge in [-0.2, -0.15) is 5.10 Å². The molecule has 0 bridgehead atoms. The van der Waals surface area contributed by atoms with Gasteiger partial charge in [0.05, 0.1) is 12.8 Å². The third-order valence-electron chi connectivity index (χ3n) is 3.30. The number of rotatable bonds is 8. The standard InChI is InChI=1S/C19H20ClN3O3/c1-2-26-17-9-4-3-6-14(17)13-21-23-19(25)11-10-18(24)22-16-8-5-7-15(20)12-16/h3-9,12-13H,2,10-11H2,1H3,(H,22,24)(H,23,25). The first-order valence-electron chi connectivity index (χ1n) is 8.17. The van der Waals surface area contributed by atoms with Gasteiger partial charge in [0, 0.05) is 29.1 Å². The molecule has 7 heteroatoms. The van der Waals surface area contributed by atoms with E-state index in [2.05, 4.69) is 15.8 Å². The van der Waals surface area contributed by atoms with Crippen LogP contribution in [0.2, 0.25) is 5.02 Å². The highest BCUT2D eigenvalue weighted by Gasteiger charge is 2.07. The van der Waals surface area contributed by atoms with Crippen LogP contribution >= 0.6 is 11.6 Å². The molecule has 0 unspecified atom stereocenters. The Morgan fingerprint density at radius 2 is 1.88 bits per heavy atom. The van der Waals surface area contributed by atoms with Gasteiger partial charge in [-0.05, 0) is 37.3 Å². The number of nitrogens with one attached hydrogen (secondary N) is 2. The lowest BCUT2D eigenvalue weighted by atomic mass is 10.2. The van der Waals surface area contributed by atoms with Crippen LogP contribution in [0.3, 0.4) is 0 Å².